The van der Waals surface area contributed by atoms with Crippen LogP contribution in [0.1, 0.15) is 201 Å². The summed E-state index contributed by atoms with van der Waals surface area (Å²) in [7, 11) is 0. The van der Waals surface area contributed by atoms with Gasteiger partial charge >= 0.3 is 0 Å². The van der Waals surface area contributed by atoms with Gasteiger partial charge < -0.3 is 18.9 Å². The number of ether oxygens (including phenoxy) is 4. The molecule has 70 heavy (non-hydrogen) atoms. The Kier molecular flexibility index (Phi) is 27.2. The van der Waals surface area contributed by atoms with Crippen LogP contribution in [0.25, 0.3) is 48.6 Å². The molecule has 0 bridgehead atoms. The molecule has 0 amide bonds. The van der Waals surface area contributed by atoms with Crippen molar-refractivity contribution in [3.63, 3.8) is 0 Å². The van der Waals surface area contributed by atoms with E-state index in [9.17, 15) is 0 Å². The van der Waals surface area contributed by atoms with Crippen molar-refractivity contribution >= 4 is 48.6 Å². The molecule has 0 aromatic heterocycles. The maximum atomic E-state index is 6.64. The van der Waals surface area contributed by atoms with Crippen LogP contribution < -0.4 is 18.9 Å². The van der Waals surface area contributed by atoms with Crippen LogP contribution in [0.4, 0.5) is 0 Å². The van der Waals surface area contributed by atoms with E-state index in [-0.39, 0.29) is 0 Å². The molecule has 0 fully saturated rings. The van der Waals surface area contributed by atoms with Gasteiger partial charge in [0.15, 0.2) is 0 Å². The van der Waals surface area contributed by atoms with E-state index < -0.39 is 0 Å². The highest BCUT2D eigenvalue weighted by Gasteiger charge is 2.11. The van der Waals surface area contributed by atoms with Gasteiger partial charge in [0.25, 0.3) is 0 Å². The van der Waals surface area contributed by atoms with E-state index in [1.807, 2.05) is 0 Å². The number of rotatable bonds is 36. The molecule has 0 radical (unpaired) electrons. The van der Waals surface area contributed by atoms with Crippen molar-refractivity contribution in [2.75, 3.05) is 26.4 Å². The van der Waals surface area contributed by atoms with Crippen molar-refractivity contribution in [3.8, 4) is 23.0 Å². The maximum absolute atomic E-state index is 6.64. The van der Waals surface area contributed by atoms with Gasteiger partial charge in [0.1, 0.15) is 23.0 Å². The molecule has 374 valence electrons. The summed E-state index contributed by atoms with van der Waals surface area (Å²) in [5.41, 5.74) is 8.94. The van der Waals surface area contributed by atoms with E-state index in [4.69, 9.17) is 18.9 Å². The van der Waals surface area contributed by atoms with E-state index in [0.717, 1.165) is 106 Å². The van der Waals surface area contributed by atoms with Gasteiger partial charge in [0, 0.05) is 11.1 Å². The second kappa shape index (κ2) is 34.5. The van der Waals surface area contributed by atoms with Crippen molar-refractivity contribution in [2.24, 2.45) is 0 Å². The van der Waals surface area contributed by atoms with Crippen LogP contribution in [-0.4, -0.2) is 26.4 Å². The molecule has 0 atom stereocenters. The molecule has 5 aromatic carbocycles. The fraction of sp³-hybridized carbons (Fsp3) is 0.424. The molecule has 4 nitrogen and oxygen atoms in total. The second-order valence-corrected chi connectivity index (χ2v) is 18.8. The third-order valence-corrected chi connectivity index (χ3v) is 12.7. The fourth-order valence-corrected chi connectivity index (χ4v) is 8.21. The zero-order valence-electron chi connectivity index (χ0n) is 43.6. The van der Waals surface area contributed by atoms with Gasteiger partial charge in [-0.1, -0.05) is 252 Å². The van der Waals surface area contributed by atoms with Crippen LogP contribution in [0.15, 0.2) is 109 Å². The van der Waals surface area contributed by atoms with Crippen molar-refractivity contribution in [2.45, 2.75) is 156 Å². The smallest absolute Gasteiger partial charge is 0.127 e. The van der Waals surface area contributed by atoms with Crippen molar-refractivity contribution in [1.29, 1.82) is 0 Å². The first-order valence-corrected chi connectivity index (χ1v) is 27.4. The molecule has 0 heterocycles. The summed E-state index contributed by atoms with van der Waals surface area (Å²) >= 11 is 0. The predicted octanol–water partition coefficient (Wildman–Crippen LogP) is 19.8. The van der Waals surface area contributed by atoms with Gasteiger partial charge in [-0.2, -0.15) is 0 Å². The topological polar surface area (TPSA) is 36.9 Å². The summed E-state index contributed by atoms with van der Waals surface area (Å²) in [5.74, 6) is 3.64. The molecular formula is C66H86O4. The van der Waals surface area contributed by atoms with Gasteiger partial charge in [-0.3, -0.25) is 0 Å². The van der Waals surface area contributed by atoms with E-state index in [1.165, 1.54) is 103 Å². The van der Waals surface area contributed by atoms with Crippen LogP contribution >= 0.6 is 0 Å². The molecule has 0 aliphatic rings. The lowest BCUT2D eigenvalue weighted by Gasteiger charge is -2.15. The number of hydrogen-bond acceptors (Lipinski definition) is 4. The lowest BCUT2D eigenvalue weighted by atomic mass is 10.0. The number of benzene rings is 5. The van der Waals surface area contributed by atoms with E-state index in [1.54, 1.807) is 0 Å². The molecular weight excluding hydrogens is 857 g/mol. The highest BCUT2D eigenvalue weighted by atomic mass is 16.5. The molecule has 0 N–H and O–H groups in total. The first kappa shape index (κ1) is 55.2. The summed E-state index contributed by atoms with van der Waals surface area (Å²) < 4.78 is 25.2. The average molecular weight is 943 g/mol. The second-order valence-electron chi connectivity index (χ2n) is 18.8. The monoisotopic (exact) mass is 943 g/mol. The van der Waals surface area contributed by atoms with Crippen molar-refractivity contribution in [1.82, 2.24) is 0 Å². The van der Waals surface area contributed by atoms with Gasteiger partial charge in [0.2, 0.25) is 0 Å². The van der Waals surface area contributed by atoms with Gasteiger partial charge in [-0.15, -0.1) is 0 Å². The summed E-state index contributed by atoms with van der Waals surface area (Å²) in [6.45, 7) is 11.9. The highest BCUT2D eigenvalue weighted by molar-refractivity contribution is 5.80. The first-order chi connectivity index (χ1) is 34.6. The molecule has 4 heteroatoms. The van der Waals surface area contributed by atoms with Gasteiger partial charge in [-0.05, 0) is 95.5 Å². The van der Waals surface area contributed by atoms with Crippen molar-refractivity contribution < 1.29 is 18.9 Å². The van der Waals surface area contributed by atoms with Crippen LogP contribution in [0.5, 0.6) is 23.0 Å². The molecule has 0 aliphatic carbocycles. The minimum atomic E-state index is 0.690. The molecule has 0 saturated carbocycles. The van der Waals surface area contributed by atoms with Gasteiger partial charge in [-0.25, -0.2) is 0 Å². The minimum Gasteiger partial charge on any atom is -0.494 e. The average Bonchev–Trinajstić information content (AvgIpc) is 3.39. The lowest BCUT2D eigenvalue weighted by molar-refractivity contribution is 0.295. The van der Waals surface area contributed by atoms with Crippen LogP contribution in [0.3, 0.4) is 0 Å². The maximum Gasteiger partial charge on any atom is 0.127 e. The normalized spacial score (nSPS) is 11.7. The minimum absolute atomic E-state index is 0.690. The number of unbranched alkanes of at least 4 members (excludes halogenated alkanes) is 16. The van der Waals surface area contributed by atoms with Crippen molar-refractivity contribution in [3.05, 3.63) is 154 Å². The summed E-state index contributed by atoms with van der Waals surface area (Å²) in [5, 5.41) is 0. The summed E-state index contributed by atoms with van der Waals surface area (Å²) in [6, 6.07) is 38.6. The Morgan fingerprint density at radius 2 is 0.486 bits per heavy atom. The Morgan fingerprint density at radius 1 is 0.257 bits per heavy atom. The van der Waals surface area contributed by atoms with Crippen LogP contribution in [0.2, 0.25) is 0 Å². The van der Waals surface area contributed by atoms with E-state index in [2.05, 4.69) is 185 Å². The Labute approximate surface area is 424 Å². The molecule has 0 aliphatic heterocycles. The predicted molar refractivity (Wildman–Crippen MR) is 305 cm³/mol. The quantitative estimate of drug-likeness (QED) is 0.0296. The lowest BCUT2D eigenvalue weighted by Crippen LogP contribution is -2.03. The summed E-state index contributed by atoms with van der Waals surface area (Å²) in [4.78, 5) is 0. The standard InChI is InChI=1S/C66H86O4/c1-5-9-13-17-19-23-51-69-65-53-62(44-38-58-33-27-56(28-34-58)30-36-60-41-47-64(48-42-60)68-50-22-16-12-8-4)66(70-52-24-20-18-14-10-6-2)54-61(65)43-37-57-31-25-55(26-32-57)29-35-59-39-45-63(46-40-59)67-49-21-15-11-7-3/h25-48,53-54H,5-24,49-52H2,1-4H3/b35-29+,36-30+,43-37+,44-38+. The Bertz CT molecular complexity index is 2080. The SMILES string of the molecule is CCCCCCCCOc1cc(/C=C/c2ccc(/C=C/c3ccc(OCCCCCC)cc3)cc2)c(OCCCCCCCC)cc1/C=C/c1ccc(/C=C/c2ccc(OCCCCCC)cc2)cc1. The molecule has 5 aromatic rings. The third kappa shape index (κ3) is 22.3. The largest absolute Gasteiger partial charge is 0.494 e. The van der Waals surface area contributed by atoms with E-state index in [0.29, 0.717) is 13.2 Å². The van der Waals surface area contributed by atoms with Crippen LogP contribution in [0, 0.1) is 0 Å². The fourth-order valence-electron chi connectivity index (χ4n) is 8.21. The molecule has 0 unspecified atom stereocenters. The zero-order chi connectivity index (χ0) is 49.1. The molecule has 0 saturated heterocycles. The van der Waals surface area contributed by atoms with E-state index >= 15 is 0 Å². The Morgan fingerprint density at radius 3 is 0.786 bits per heavy atom. The first-order valence-electron chi connectivity index (χ1n) is 27.4. The van der Waals surface area contributed by atoms with Gasteiger partial charge in [0.05, 0.1) is 26.4 Å². The molecule has 5 rings (SSSR count). The number of hydrogen-bond donors (Lipinski definition) is 0. The third-order valence-electron chi connectivity index (χ3n) is 12.7. The highest BCUT2D eigenvalue weighted by Crippen LogP contribution is 2.33. The molecule has 0 spiro atoms. The zero-order valence-corrected chi connectivity index (χ0v) is 43.6. The Balaban J connectivity index is 1.29. The summed E-state index contributed by atoms with van der Waals surface area (Å²) in [6.07, 6.45) is 41.7. The Hall–Kier alpha value is -5.74. The van der Waals surface area contributed by atoms with Crippen LogP contribution in [-0.2, 0) is 0 Å².